The second kappa shape index (κ2) is 10.4. The van der Waals surface area contributed by atoms with Crippen LogP contribution in [0, 0.1) is 12.8 Å². The molecule has 2 N–H and O–H groups in total. The fourth-order valence-electron chi connectivity index (χ4n) is 5.02. The molecule has 1 saturated heterocycles. The van der Waals surface area contributed by atoms with Crippen molar-refractivity contribution in [1.29, 1.82) is 0 Å². The number of halogens is 4. The van der Waals surface area contributed by atoms with Gasteiger partial charge in [-0.2, -0.15) is 22.6 Å². The highest BCUT2D eigenvalue weighted by Crippen LogP contribution is 2.37. The van der Waals surface area contributed by atoms with Crippen LogP contribution in [0.4, 0.5) is 19.0 Å². The van der Waals surface area contributed by atoms with Crippen molar-refractivity contribution >= 4 is 37.6 Å². The van der Waals surface area contributed by atoms with Crippen LogP contribution in [0.1, 0.15) is 35.6 Å². The molecule has 0 bridgehead atoms. The van der Waals surface area contributed by atoms with E-state index in [1.807, 2.05) is 31.2 Å². The maximum absolute atomic E-state index is 13.5. The van der Waals surface area contributed by atoms with Gasteiger partial charge in [0.25, 0.3) is 0 Å². The first kappa shape index (κ1) is 26.8. The van der Waals surface area contributed by atoms with Crippen LogP contribution in [-0.2, 0) is 16.2 Å². The van der Waals surface area contributed by atoms with Gasteiger partial charge in [-0.3, -0.25) is 0 Å². The Balaban J connectivity index is 1.35. The lowest BCUT2D eigenvalue weighted by Gasteiger charge is -2.33. The lowest BCUT2D eigenvalue weighted by Crippen LogP contribution is -2.43. The lowest BCUT2D eigenvalue weighted by atomic mass is 9.99. The van der Waals surface area contributed by atoms with Gasteiger partial charge >= 0.3 is 6.18 Å². The molecule has 0 saturated carbocycles. The van der Waals surface area contributed by atoms with Crippen molar-refractivity contribution in [3.63, 3.8) is 0 Å². The molecule has 202 valence electrons. The van der Waals surface area contributed by atoms with Crippen molar-refractivity contribution in [3.05, 3.63) is 82.0 Å². The van der Waals surface area contributed by atoms with Crippen LogP contribution in [-0.4, -0.2) is 42.1 Å². The summed E-state index contributed by atoms with van der Waals surface area (Å²) in [6.07, 6.45) is 0.287. The predicted octanol–water partition coefficient (Wildman–Crippen LogP) is 5.63. The van der Waals surface area contributed by atoms with Gasteiger partial charge in [-0.05, 0) is 70.9 Å². The van der Waals surface area contributed by atoms with Crippen molar-refractivity contribution in [2.45, 2.75) is 36.9 Å². The molecule has 2 aliphatic heterocycles. The first-order valence-corrected chi connectivity index (χ1v) is 14.5. The highest BCUT2D eigenvalue weighted by molar-refractivity contribution is 9.10. The van der Waals surface area contributed by atoms with Crippen molar-refractivity contribution in [2.24, 2.45) is 5.92 Å². The average Bonchev–Trinajstić information content (AvgIpc) is 3.28. The van der Waals surface area contributed by atoms with E-state index in [0.29, 0.717) is 13.0 Å². The molecule has 0 amide bonds. The number of rotatable bonds is 6. The molecule has 0 spiro atoms. The summed E-state index contributed by atoms with van der Waals surface area (Å²) in [5.74, 6) is 1.45. The molecule has 5 rings (SSSR count). The number of nitrogens with one attached hydrogen (secondary N) is 2. The molecule has 3 heterocycles. The van der Waals surface area contributed by atoms with E-state index < -0.39 is 26.7 Å². The minimum Gasteiger partial charge on any atom is -0.370 e. The van der Waals surface area contributed by atoms with Crippen molar-refractivity contribution in [3.8, 4) is 0 Å². The number of aromatic nitrogens is 2. The van der Waals surface area contributed by atoms with Gasteiger partial charge in [0, 0.05) is 19.6 Å². The van der Waals surface area contributed by atoms with Gasteiger partial charge in [0.15, 0.2) is 0 Å². The summed E-state index contributed by atoms with van der Waals surface area (Å²) >= 11 is 3.54. The molecule has 2 aliphatic rings. The quantitative estimate of drug-likeness (QED) is 0.379. The molecule has 2 unspecified atom stereocenters. The van der Waals surface area contributed by atoms with Crippen molar-refractivity contribution in [1.82, 2.24) is 19.4 Å². The molecule has 3 aromatic rings. The molecule has 2 aromatic carbocycles. The molecule has 1 fully saturated rings. The summed E-state index contributed by atoms with van der Waals surface area (Å²) in [7, 11) is -4.31. The number of hydrogen-bond donors (Lipinski definition) is 2. The van der Waals surface area contributed by atoms with E-state index in [2.05, 4.69) is 37.7 Å². The van der Waals surface area contributed by atoms with Gasteiger partial charge in [-0.15, -0.1) is 0 Å². The largest absolute Gasteiger partial charge is 0.417 e. The number of hydrogen-bond acceptors (Lipinski definition) is 5. The van der Waals surface area contributed by atoms with Gasteiger partial charge in [0.2, 0.25) is 10.0 Å². The Labute approximate surface area is 227 Å². The number of benzene rings is 2. The SMILES string of the molecule is Cc1ccccc1C1C=C(NCC2CCCN(S(=O)(=O)c3ccccc3C(F)(F)F)C2)n2ncc(Br)c2N1. The molecular formula is C26H27BrF3N5O2S. The summed E-state index contributed by atoms with van der Waals surface area (Å²) in [5.41, 5.74) is 1.11. The molecule has 2 atom stereocenters. The Hall–Kier alpha value is -2.83. The summed E-state index contributed by atoms with van der Waals surface area (Å²) in [6, 6.07) is 12.3. The Kier molecular flexibility index (Phi) is 7.31. The summed E-state index contributed by atoms with van der Waals surface area (Å²) in [4.78, 5) is -0.700. The van der Waals surface area contributed by atoms with Crippen LogP contribution in [0.5, 0.6) is 0 Å². The molecule has 0 radical (unpaired) electrons. The van der Waals surface area contributed by atoms with Crippen LogP contribution >= 0.6 is 15.9 Å². The van der Waals surface area contributed by atoms with Crippen LogP contribution in [0.15, 0.2) is 70.2 Å². The van der Waals surface area contributed by atoms with E-state index >= 15 is 0 Å². The third-order valence-electron chi connectivity index (χ3n) is 6.96. The highest BCUT2D eigenvalue weighted by atomic mass is 79.9. The van der Waals surface area contributed by atoms with Crippen LogP contribution in [0.2, 0.25) is 0 Å². The minimum absolute atomic E-state index is 0.0910. The van der Waals surface area contributed by atoms with Crippen molar-refractivity contribution in [2.75, 3.05) is 25.0 Å². The average molecular weight is 611 g/mol. The zero-order valence-electron chi connectivity index (χ0n) is 20.5. The molecule has 12 heteroatoms. The highest BCUT2D eigenvalue weighted by Gasteiger charge is 2.40. The summed E-state index contributed by atoms with van der Waals surface area (Å²) in [6.45, 7) is 2.80. The van der Waals surface area contributed by atoms with E-state index in [4.69, 9.17) is 0 Å². The number of fused-ring (bicyclic) bond motifs is 1. The van der Waals surface area contributed by atoms with Crippen molar-refractivity contribution < 1.29 is 21.6 Å². The second-order valence-electron chi connectivity index (χ2n) is 9.53. The summed E-state index contributed by atoms with van der Waals surface area (Å²) in [5, 5.41) is 11.4. The third-order valence-corrected chi connectivity index (χ3v) is 9.46. The number of piperidine rings is 1. The van der Waals surface area contributed by atoms with Crippen LogP contribution in [0.25, 0.3) is 5.82 Å². The molecule has 38 heavy (non-hydrogen) atoms. The molecule has 7 nitrogen and oxygen atoms in total. The maximum atomic E-state index is 13.5. The van der Waals surface area contributed by atoms with E-state index in [-0.39, 0.29) is 25.0 Å². The minimum atomic E-state index is -4.76. The van der Waals surface area contributed by atoms with Crippen LogP contribution in [0.3, 0.4) is 0 Å². The summed E-state index contributed by atoms with van der Waals surface area (Å²) < 4.78 is 70.9. The fraction of sp³-hybridized carbons (Fsp3) is 0.346. The lowest BCUT2D eigenvalue weighted by molar-refractivity contribution is -0.139. The van der Waals surface area contributed by atoms with E-state index in [0.717, 1.165) is 45.8 Å². The smallest absolute Gasteiger partial charge is 0.370 e. The monoisotopic (exact) mass is 609 g/mol. The van der Waals surface area contributed by atoms with Gasteiger partial charge in [0.05, 0.1) is 27.2 Å². The first-order valence-electron chi connectivity index (χ1n) is 12.2. The Morgan fingerprint density at radius 3 is 2.66 bits per heavy atom. The van der Waals surface area contributed by atoms with Gasteiger partial charge in [-0.1, -0.05) is 36.4 Å². The van der Waals surface area contributed by atoms with Gasteiger partial charge in [-0.25, -0.2) is 13.1 Å². The standard InChI is InChI=1S/C26H27BrF3N5O2S/c1-17-7-2-3-9-19(17)22-13-24(35-25(33-22)21(27)15-32-35)31-14-18-8-6-12-34(16-18)38(36,37)23-11-5-4-10-20(23)26(28,29)30/h2-5,7,9-11,13,15,18,22,31,33H,6,8,12,14,16H2,1H3. The Morgan fingerprint density at radius 2 is 1.89 bits per heavy atom. The maximum Gasteiger partial charge on any atom is 0.417 e. The Bertz CT molecular complexity index is 1470. The van der Waals surface area contributed by atoms with Gasteiger partial charge in [0.1, 0.15) is 11.6 Å². The topological polar surface area (TPSA) is 79.3 Å². The van der Waals surface area contributed by atoms with E-state index in [1.165, 1.54) is 16.4 Å². The normalized spacial score (nSPS) is 20.4. The number of anilines is 1. The number of aryl methyl sites for hydroxylation is 1. The molecule has 1 aromatic heterocycles. The number of sulfonamides is 1. The van der Waals surface area contributed by atoms with Gasteiger partial charge < -0.3 is 10.6 Å². The predicted molar refractivity (Wildman–Crippen MR) is 143 cm³/mol. The van der Waals surface area contributed by atoms with E-state index in [9.17, 15) is 21.6 Å². The second-order valence-corrected chi connectivity index (χ2v) is 12.3. The molecular weight excluding hydrogens is 583 g/mol. The van der Waals surface area contributed by atoms with Crippen LogP contribution < -0.4 is 10.6 Å². The number of alkyl halides is 3. The fourth-order valence-corrected chi connectivity index (χ4v) is 7.16. The molecule has 0 aliphatic carbocycles. The van der Waals surface area contributed by atoms with E-state index in [1.54, 1.807) is 10.9 Å². The Morgan fingerprint density at radius 1 is 1.16 bits per heavy atom. The zero-order valence-corrected chi connectivity index (χ0v) is 22.9. The number of nitrogens with zero attached hydrogens (tertiary/aromatic N) is 3. The zero-order chi connectivity index (χ0) is 27.1. The third kappa shape index (κ3) is 5.21. The first-order chi connectivity index (χ1) is 18.1.